The number of anilines is 1. The molecule has 15 heavy (non-hydrogen) atoms. The van der Waals surface area contributed by atoms with Crippen molar-refractivity contribution in [2.24, 2.45) is 0 Å². The number of hydrogen-bond acceptors (Lipinski definition) is 3. The third kappa shape index (κ3) is 2.17. The van der Waals surface area contributed by atoms with Crippen LogP contribution in [0.4, 0.5) is 5.82 Å². The van der Waals surface area contributed by atoms with Crippen LogP contribution < -0.4 is 5.32 Å². The van der Waals surface area contributed by atoms with Crippen LogP contribution in [-0.2, 0) is 4.79 Å². The van der Waals surface area contributed by atoms with Crippen molar-refractivity contribution in [1.82, 2.24) is 10.2 Å². The van der Waals surface area contributed by atoms with Gasteiger partial charge in [0.1, 0.15) is 0 Å². The van der Waals surface area contributed by atoms with Crippen LogP contribution in [0, 0.1) is 13.8 Å². The largest absolute Gasteiger partial charge is 0.308 e. The molecule has 2 N–H and O–H groups in total. The van der Waals surface area contributed by atoms with E-state index < -0.39 is 0 Å². The molecule has 1 saturated heterocycles. The van der Waals surface area contributed by atoms with E-state index in [1.54, 1.807) is 11.8 Å². The van der Waals surface area contributed by atoms with Crippen LogP contribution in [0.1, 0.15) is 24.1 Å². The third-order valence-corrected chi connectivity index (χ3v) is 4.09. The maximum absolute atomic E-state index is 11.8. The highest BCUT2D eigenvalue weighted by atomic mass is 32.2. The number of aryl methyl sites for hydroxylation is 1. The second kappa shape index (κ2) is 4.26. The number of carbonyl (C=O) groups is 1. The average Bonchev–Trinajstić information content (AvgIpc) is 2.83. The summed E-state index contributed by atoms with van der Waals surface area (Å²) in [7, 11) is 0. The summed E-state index contributed by atoms with van der Waals surface area (Å²) in [6.07, 6.45) is 2.13. The molecule has 0 bridgehead atoms. The molecule has 1 aliphatic rings. The monoisotopic (exact) mass is 225 g/mol. The second-order valence-corrected chi connectivity index (χ2v) is 5.12. The first-order valence-electron chi connectivity index (χ1n) is 5.12. The van der Waals surface area contributed by atoms with Gasteiger partial charge in [-0.15, -0.1) is 11.8 Å². The van der Waals surface area contributed by atoms with Crippen LogP contribution >= 0.6 is 11.8 Å². The Balaban J connectivity index is 2.02. The zero-order chi connectivity index (χ0) is 10.8. The van der Waals surface area contributed by atoms with Crippen molar-refractivity contribution < 1.29 is 4.79 Å². The highest BCUT2D eigenvalue weighted by Gasteiger charge is 2.24. The van der Waals surface area contributed by atoms with E-state index in [-0.39, 0.29) is 11.2 Å². The minimum atomic E-state index is 0.0899. The van der Waals surface area contributed by atoms with Crippen molar-refractivity contribution >= 4 is 23.5 Å². The summed E-state index contributed by atoms with van der Waals surface area (Å²) >= 11 is 1.73. The van der Waals surface area contributed by atoms with Crippen LogP contribution in [0.5, 0.6) is 0 Å². The van der Waals surface area contributed by atoms with E-state index in [0.29, 0.717) is 5.82 Å². The molecule has 1 atom stereocenters. The Morgan fingerprint density at radius 1 is 1.60 bits per heavy atom. The maximum atomic E-state index is 11.8. The summed E-state index contributed by atoms with van der Waals surface area (Å²) in [5.74, 6) is 1.86. The van der Waals surface area contributed by atoms with Gasteiger partial charge in [0.2, 0.25) is 5.91 Å². The number of hydrogen-bond donors (Lipinski definition) is 2. The lowest BCUT2D eigenvalue weighted by atomic mass is 10.2. The van der Waals surface area contributed by atoms with Crippen molar-refractivity contribution in [2.45, 2.75) is 31.9 Å². The lowest BCUT2D eigenvalue weighted by Gasteiger charge is -2.08. The SMILES string of the molecule is Cc1[nH]nc(NC(=O)C2CCCS2)c1C. The van der Waals surface area contributed by atoms with Crippen molar-refractivity contribution in [3.8, 4) is 0 Å². The molecule has 1 aromatic rings. The number of rotatable bonds is 2. The molecular weight excluding hydrogens is 210 g/mol. The minimum Gasteiger partial charge on any atom is -0.308 e. The zero-order valence-electron chi connectivity index (χ0n) is 8.96. The Hall–Kier alpha value is -0.970. The van der Waals surface area contributed by atoms with Crippen LogP contribution in [0.2, 0.25) is 0 Å². The number of aromatic nitrogens is 2. The second-order valence-electron chi connectivity index (χ2n) is 3.81. The first-order valence-corrected chi connectivity index (χ1v) is 6.17. The van der Waals surface area contributed by atoms with E-state index >= 15 is 0 Å². The van der Waals surface area contributed by atoms with E-state index in [1.807, 2.05) is 13.8 Å². The standard InChI is InChI=1S/C10H15N3OS/c1-6-7(2)12-13-9(6)11-10(14)8-4-3-5-15-8/h8H,3-5H2,1-2H3,(H2,11,12,13,14). The molecule has 1 fully saturated rings. The summed E-state index contributed by atoms with van der Waals surface area (Å²) < 4.78 is 0. The summed E-state index contributed by atoms with van der Waals surface area (Å²) in [6, 6.07) is 0. The molecule has 0 aromatic carbocycles. The Labute approximate surface area is 93.2 Å². The van der Waals surface area contributed by atoms with Crippen LogP contribution in [-0.4, -0.2) is 27.1 Å². The van der Waals surface area contributed by atoms with Crippen molar-refractivity contribution in [1.29, 1.82) is 0 Å². The van der Waals surface area contributed by atoms with Crippen LogP contribution in [0.15, 0.2) is 0 Å². The summed E-state index contributed by atoms with van der Waals surface area (Å²) in [4.78, 5) is 11.8. The first-order chi connectivity index (χ1) is 7.18. The van der Waals surface area contributed by atoms with Gasteiger partial charge >= 0.3 is 0 Å². The highest BCUT2D eigenvalue weighted by molar-refractivity contribution is 8.00. The quantitative estimate of drug-likeness (QED) is 0.807. The van der Waals surface area contributed by atoms with Gasteiger partial charge in [-0.05, 0) is 32.4 Å². The molecule has 0 radical (unpaired) electrons. The molecule has 5 heteroatoms. The van der Waals surface area contributed by atoms with Gasteiger partial charge in [0.05, 0.1) is 5.25 Å². The maximum Gasteiger partial charge on any atom is 0.238 e. The number of aromatic amines is 1. The lowest BCUT2D eigenvalue weighted by Crippen LogP contribution is -2.23. The third-order valence-electron chi connectivity index (χ3n) is 2.72. The predicted molar refractivity (Wildman–Crippen MR) is 62.2 cm³/mol. The van der Waals surface area contributed by atoms with Gasteiger partial charge in [-0.3, -0.25) is 9.89 Å². The van der Waals surface area contributed by atoms with E-state index in [2.05, 4.69) is 15.5 Å². The molecule has 2 rings (SSSR count). The molecule has 0 saturated carbocycles. The molecule has 1 aromatic heterocycles. The van der Waals surface area contributed by atoms with Gasteiger partial charge in [0.25, 0.3) is 0 Å². The minimum absolute atomic E-state index is 0.0899. The molecule has 4 nitrogen and oxygen atoms in total. The highest BCUT2D eigenvalue weighted by Crippen LogP contribution is 2.27. The fraction of sp³-hybridized carbons (Fsp3) is 0.600. The molecule has 2 heterocycles. The fourth-order valence-corrected chi connectivity index (χ4v) is 2.75. The van der Waals surface area contributed by atoms with E-state index in [1.165, 1.54) is 0 Å². The Bertz CT molecular complexity index is 369. The van der Waals surface area contributed by atoms with Crippen LogP contribution in [0.3, 0.4) is 0 Å². The summed E-state index contributed by atoms with van der Waals surface area (Å²) in [6.45, 7) is 3.90. The predicted octanol–water partition coefficient (Wildman–Crippen LogP) is 1.86. The fourth-order valence-electron chi connectivity index (χ4n) is 1.59. The van der Waals surface area contributed by atoms with E-state index in [4.69, 9.17) is 0 Å². The van der Waals surface area contributed by atoms with Crippen molar-refractivity contribution in [3.05, 3.63) is 11.3 Å². The smallest absolute Gasteiger partial charge is 0.238 e. The lowest BCUT2D eigenvalue weighted by molar-refractivity contribution is -0.115. The topological polar surface area (TPSA) is 57.8 Å². The molecule has 1 aliphatic heterocycles. The van der Waals surface area contributed by atoms with Gasteiger partial charge in [-0.1, -0.05) is 0 Å². The molecule has 1 unspecified atom stereocenters. The molecule has 0 aliphatic carbocycles. The Kier molecular flexibility index (Phi) is 3.00. The van der Waals surface area contributed by atoms with Gasteiger partial charge < -0.3 is 5.32 Å². The van der Waals surface area contributed by atoms with Crippen LogP contribution in [0.25, 0.3) is 0 Å². The number of thioether (sulfide) groups is 1. The number of nitrogens with one attached hydrogen (secondary N) is 2. The van der Waals surface area contributed by atoms with E-state index in [9.17, 15) is 4.79 Å². The normalized spacial score (nSPS) is 20.5. The summed E-state index contributed by atoms with van der Waals surface area (Å²) in [5, 5.41) is 9.91. The molecule has 1 amide bonds. The molecule has 82 valence electrons. The first kappa shape index (κ1) is 10.5. The van der Waals surface area contributed by atoms with Crippen molar-refractivity contribution in [3.63, 3.8) is 0 Å². The Morgan fingerprint density at radius 2 is 2.40 bits per heavy atom. The zero-order valence-corrected chi connectivity index (χ0v) is 9.78. The Morgan fingerprint density at radius 3 is 2.93 bits per heavy atom. The number of H-pyrrole nitrogens is 1. The average molecular weight is 225 g/mol. The number of carbonyl (C=O) groups excluding carboxylic acids is 1. The van der Waals surface area contributed by atoms with Crippen molar-refractivity contribution in [2.75, 3.05) is 11.1 Å². The van der Waals surface area contributed by atoms with E-state index in [0.717, 1.165) is 29.9 Å². The molecule has 0 spiro atoms. The molecular formula is C10H15N3OS. The van der Waals surface area contributed by atoms with Gasteiger partial charge in [0, 0.05) is 11.3 Å². The van der Waals surface area contributed by atoms with Gasteiger partial charge in [0.15, 0.2) is 5.82 Å². The number of amides is 1. The summed E-state index contributed by atoms with van der Waals surface area (Å²) in [5.41, 5.74) is 2.02. The van der Waals surface area contributed by atoms with Gasteiger partial charge in [-0.2, -0.15) is 5.10 Å². The van der Waals surface area contributed by atoms with Gasteiger partial charge in [-0.25, -0.2) is 0 Å². The number of nitrogens with zero attached hydrogens (tertiary/aromatic N) is 1.